The molecule has 0 saturated carbocycles. The van der Waals surface area contributed by atoms with E-state index in [0.717, 1.165) is 17.8 Å². The van der Waals surface area contributed by atoms with Crippen molar-refractivity contribution in [1.29, 1.82) is 0 Å². The van der Waals surface area contributed by atoms with Crippen molar-refractivity contribution in [3.63, 3.8) is 0 Å². The van der Waals surface area contributed by atoms with E-state index in [1.165, 1.54) is 5.56 Å². The molecule has 0 fully saturated rings. The molecule has 1 heterocycles. The number of nitrogens with zero attached hydrogens (tertiary/aromatic N) is 1. The zero-order valence-corrected chi connectivity index (χ0v) is 10.9. The second kappa shape index (κ2) is 6.05. The van der Waals surface area contributed by atoms with Gasteiger partial charge in [0.25, 0.3) is 0 Å². The monoisotopic (exact) mass is 241 g/mol. The summed E-state index contributed by atoms with van der Waals surface area (Å²) in [6.07, 6.45) is 4.70. The predicted molar refractivity (Wildman–Crippen MR) is 76.9 cm³/mol. The highest BCUT2D eigenvalue weighted by atomic mass is 14.9. The molecule has 18 heavy (non-hydrogen) atoms. The maximum Gasteiger partial charge on any atom is 0.0552 e. The van der Waals surface area contributed by atoms with Crippen LogP contribution in [0.4, 0.5) is 11.4 Å². The zero-order valence-electron chi connectivity index (χ0n) is 10.9. The van der Waals surface area contributed by atoms with E-state index in [1.54, 1.807) is 0 Å². The minimum absolute atomic E-state index is 0.320. The Bertz CT molecular complexity index is 482. The van der Waals surface area contributed by atoms with Gasteiger partial charge in [0.2, 0.25) is 0 Å². The van der Waals surface area contributed by atoms with Crippen molar-refractivity contribution in [2.24, 2.45) is 0 Å². The van der Waals surface area contributed by atoms with Gasteiger partial charge in [-0.2, -0.15) is 0 Å². The first-order valence-corrected chi connectivity index (χ1v) is 6.27. The summed E-state index contributed by atoms with van der Waals surface area (Å²) in [7, 11) is 1.90. The molecule has 0 spiro atoms. The fraction of sp³-hybridized carbons (Fsp3) is 0.267. The minimum atomic E-state index is 0.320. The summed E-state index contributed by atoms with van der Waals surface area (Å²) in [6, 6.07) is 12.9. The summed E-state index contributed by atoms with van der Waals surface area (Å²) >= 11 is 0. The molecule has 3 heteroatoms. The molecule has 0 aliphatic carbocycles. The molecule has 1 unspecified atom stereocenters. The first-order chi connectivity index (χ1) is 8.83. The van der Waals surface area contributed by atoms with Crippen LogP contribution in [0.15, 0.2) is 48.8 Å². The summed E-state index contributed by atoms with van der Waals surface area (Å²) in [6.45, 7) is 2.18. The highest BCUT2D eigenvalue weighted by Gasteiger charge is 2.08. The second-order valence-electron chi connectivity index (χ2n) is 4.23. The highest BCUT2D eigenvalue weighted by Crippen LogP contribution is 2.23. The van der Waals surface area contributed by atoms with Gasteiger partial charge in [0.1, 0.15) is 0 Å². The van der Waals surface area contributed by atoms with Crippen molar-refractivity contribution in [2.45, 2.75) is 19.4 Å². The number of benzene rings is 1. The predicted octanol–water partition coefficient (Wildman–Crippen LogP) is 3.69. The van der Waals surface area contributed by atoms with Gasteiger partial charge in [0.15, 0.2) is 0 Å². The quantitative estimate of drug-likeness (QED) is 0.838. The number of pyridine rings is 1. The van der Waals surface area contributed by atoms with Gasteiger partial charge in [-0.3, -0.25) is 4.98 Å². The Balaban J connectivity index is 2.15. The summed E-state index contributed by atoms with van der Waals surface area (Å²) < 4.78 is 0. The average molecular weight is 241 g/mol. The van der Waals surface area contributed by atoms with Crippen LogP contribution < -0.4 is 10.6 Å². The van der Waals surface area contributed by atoms with Gasteiger partial charge in [-0.25, -0.2) is 0 Å². The topological polar surface area (TPSA) is 37.0 Å². The molecular weight excluding hydrogens is 222 g/mol. The Morgan fingerprint density at radius 3 is 2.50 bits per heavy atom. The van der Waals surface area contributed by atoms with Crippen LogP contribution in [-0.2, 0) is 0 Å². The lowest BCUT2D eigenvalue weighted by molar-refractivity contribution is 0.749. The summed E-state index contributed by atoms with van der Waals surface area (Å²) in [5.74, 6) is 0. The Hall–Kier alpha value is -2.03. The third-order valence-corrected chi connectivity index (χ3v) is 2.98. The molecular formula is C15H19N3. The van der Waals surface area contributed by atoms with E-state index in [9.17, 15) is 0 Å². The molecule has 1 atom stereocenters. The van der Waals surface area contributed by atoms with E-state index in [4.69, 9.17) is 0 Å². The van der Waals surface area contributed by atoms with Crippen LogP contribution >= 0.6 is 0 Å². The molecule has 0 saturated heterocycles. The normalized spacial score (nSPS) is 11.9. The molecule has 0 radical (unpaired) electrons. The maximum absolute atomic E-state index is 4.21. The van der Waals surface area contributed by atoms with Crippen molar-refractivity contribution in [3.05, 3.63) is 54.4 Å². The van der Waals surface area contributed by atoms with E-state index < -0.39 is 0 Å². The molecule has 0 amide bonds. The van der Waals surface area contributed by atoms with E-state index in [1.807, 2.05) is 25.5 Å². The third-order valence-electron chi connectivity index (χ3n) is 2.98. The van der Waals surface area contributed by atoms with E-state index >= 15 is 0 Å². The molecule has 94 valence electrons. The lowest BCUT2D eigenvalue weighted by Crippen LogP contribution is -2.09. The zero-order chi connectivity index (χ0) is 12.8. The lowest BCUT2D eigenvalue weighted by atomic mass is 10.0. The van der Waals surface area contributed by atoms with Gasteiger partial charge in [0, 0.05) is 7.05 Å². The summed E-state index contributed by atoms with van der Waals surface area (Å²) in [4.78, 5) is 4.21. The lowest BCUT2D eigenvalue weighted by Gasteiger charge is -2.19. The van der Waals surface area contributed by atoms with Crippen molar-refractivity contribution < 1.29 is 0 Å². The van der Waals surface area contributed by atoms with Gasteiger partial charge in [-0.05, 0) is 18.1 Å². The van der Waals surface area contributed by atoms with E-state index in [0.29, 0.717) is 6.04 Å². The van der Waals surface area contributed by atoms with Gasteiger partial charge >= 0.3 is 0 Å². The van der Waals surface area contributed by atoms with Crippen LogP contribution in [0.1, 0.15) is 24.9 Å². The van der Waals surface area contributed by atoms with Crippen LogP contribution in [0.25, 0.3) is 0 Å². The fourth-order valence-electron chi connectivity index (χ4n) is 1.96. The number of anilines is 2. The molecule has 2 N–H and O–H groups in total. The van der Waals surface area contributed by atoms with Crippen LogP contribution in [0.2, 0.25) is 0 Å². The van der Waals surface area contributed by atoms with Crippen LogP contribution in [0, 0.1) is 0 Å². The number of hydrogen-bond donors (Lipinski definition) is 2. The first kappa shape index (κ1) is 12.4. The van der Waals surface area contributed by atoms with Gasteiger partial charge < -0.3 is 10.6 Å². The SMILES string of the molecule is CCC(Nc1cncc(NC)c1)c1ccccc1. The number of aromatic nitrogens is 1. The molecule has 0 aliphatic heterocycles. The second-order valence-corrected chi connectivity index (χ2v) is 4.23. The molecule has 1 aromatic carbocycles. The molecule has 0 aliphatic rings. The van der Waals surface area contributed by atoms with Crippen molar-refractivity contribution in [1.82, 2.24) is 4.98 Å². The smallest absolute Gasteiger partial charge is 0.0552 e. The van der Waals surface area contributed by atoms with Gasteiger partial charge in [-0.15, -0.1) is 0 Å². The third kappa shape index (κ3) is 3.00. The standard InChI is InChI=1S/C15H19N3/c1-3-15(12-7-5-4-6-8-12)18-14-9-13(16-2)10-17-11-14/h4-11,15-16,18H,3H2,1-2H3. The van der Waals surface area contributed by atoms with Crippen molar-refractivity contribution in [2.75, 3.05) is 17.7 Å². The molecule has 2 rings (SSSR count). The minimum Gasteiger partial charge on any atom is -0.387 e. The Morgan fingerprint density at radius 1 is 1.11 bits per heavy atom. The fourth-order valence-corrected chi connectivity index (χ4v) is 1.96. The van der Waals surface area contributed by atoms with Crippen LogP contribution in [0.5, 0.6) is 0 Å². The van der Waals surface area contributed by atoms with E-state index in [-0.39, 0.29) is 0 Å². The summed E-state index contributed by atoms with van der Waals surface area (Å²) in [5, 5.41) is 6.61. The molecule has 1 aromatic heterocycles. The van der Waals surface area contributed by atoms with Gasteiger partial charge in [-0.1, -0.05) is 37.3 Å². The number of rotatable bonds is 5. The first-order valence-electron chi connectivity index (χ1n) is 6.27. The molecule has 3 nitrogen and oxygen atoms in total. The largest absolute Gasteiger partial charge is 0.387 e. The number of hydrogen-bond acceptors (Lipinski definition) is 3. The maximum atomic E-state index is 4.21. The Labute approximate surface area is 108 Å². The Kier molecular flexibility index (Phi) is 4.18. The van der Waals surface area contributed by atoms with Crippen LogP contribution in [-0.4, -0.2) is 12.0 Å². The molecule has 2 aromatic rings. The number of nitrogens with one attached hydrogen (secondary N) is 2. The van der Waals surface area contributed by atoms with Gasteiger partial charge in [0.05, 0.1) is 29.8 Å². The van der Waals surface area contributed by atoms with Crippen molar-refractivity contribution >= 4 is 11.4 Å². The summed E-state index contributed by atoms with van der Waals surface area (Å²) in [5.41, 5.74) is 3.36. The molecule has 0 bridgehead atoms. The average Bonchev–Trinajstić information content (AvgIpc) is 2.46. The van der Waals surface area contributed by atoms with Crippen molar-refractivity contribution in [3.8, 4) is 0 Å². The van der Waals surface area contributed by atoms with E-state index in [2.05, 4.69) is 52.9 Å². The Morgan fingerprint density at radius 2 is 1.83 bits per heavy atom. The van der Waals surface area contributed by atoms with Crippen LogP contribution in [0.3, 0.4) is 0 Å². The highest BCUT2D eigenvalue weighted by molar-refractivity contribution is 5.54.